The number of rotatable bonds is 6. The number of anilines is 1. The van der Waals surface area contributed by atoms with Gasteiger partial charge in [0.25, 0.3) is 5.91 Å². The number of hydrogen-bond acceptors (Lipinski definition) is 2. The van der Waals surface area contributed by atoms with E-state index in [0.29, 0.717) is 30.9 Å². The first-order chi connectivity index (χ1) is 14.0. The average molecular weight is 383 g/mol. The van der Waals surface area contributed by atoms with Crippen molar-refractivity contribution in [3.63, 3.8) is 0 Å². The number of carbonyl (C=O) groups excluding carboxylic acids is 2. The van der Waals surface area contributed by atoms with Crippen LogP contribution in [-0.2, 0) is 24.2 Å². The molecule has 0 fully saturated rings. The average Bonchev–Trinajstić information content (AvgIpc) is 3.05. The molecule has 0 aromatic heterocycles. The van der Waals surface area contributed by atoms with Gasteiger partial charge in [0.15, 0.2) is 0 Å². The van der Waals surface area contributed by atoms with Gasteiger partial charge in [0.2, 0.25) is 0 Å². The molecule has 0 spiro atoms. The van der Waals surface area contributed by atoms with Crippen LogP contribution in [0, 0.1) is 0 Å². The van der Waals surface area contributed by atoms with Crippen molar-refractivity contribution in [1.29, 1.82) is 0 Å². The molecule has 0 aliphatic carbocycles. The zero-order valence-corrected chi connectivity index (χ0v) is 16.9. The van der Waals surface area contributed by atoms with Gasteiger partial charge in [0.1, 0.15) is 5.78 Å². The first-order valence-corrected chi connectivity index (χ1v) is 10.1. The van der Waals surface area contributed by atoms with E-state index in [-0.39, 0.29) is 11.7 Å². The van der Waals surface area contributed by atoms with Crippen LogP contribution in [0.3, 0.4) is 0 Å². The number of nitrogens with zero attached hydrogens (tertiary/aromatic N) is 1. The molecule has 1 heterocycles. The Bertz CT molecular complexity index is 1040. The van der Waals surface area contributed by atoms with Crippen LogP contribution in [0.2, 0.25) is 0 Å². The van der Waals surface area contributed by atoms with Crippen molar-refractivity contribution in [2.24, 2.45) is 0 Å². The highest BCUT2D eigenvalue weighted by molar-refractivity contribution is 6.10. The van der Waals surface area contributed by atoms with Gasteiger partial charge in [0, 0.05) is 24.1 Å². The molecule has 4 rings (SSSR count). The summed E-state index contributed by atoms with van der Waals surface area (Å²) in [5.41, 5.74) is 5.82. The minimum Gasteiger partial charge on any atom is -0.304 e. The van der Waals surface area contributed by atoms with Crippen molar-refractivity contribution in [1.82, 2.24) is 0 Å². The maximum absolute atomic E-state index is 13.0. The molecule has 3 heteroatoms. The molecule has 0 saturated heterocycles. The quantitative estimate of drug-likeness (QED) is 0.577. The van der Waals surface area contributed by atoms with Crippen molar-refractivity contribution in [2.45, 2.75) is 39.2 Å². The minimum atomic E-state index is 0.00894. The maximum atomic E-state index is 13.0. The van der Waals surface area contributed by atoms with Crippen molar-refractivity contribution < 1.29 is 9.59 Å². The lowest BCUT2D eigenvalue weighted by Crippen LogP contribution is -2.22. The van der Waals surface area contributed by atoms with Crippen LogP contribution in [0.25, 0.3) is 0 Å². The summed E-state index contributed by atoms with van der Waals surface area (Å²) in [4.78, 5) is 27.2. The predicted octanol–water partition coefficient (Wildman–Crippen LogP) is 5.32. The molecule has 0 saturated carbocycles. The molecule has 0 N–H and O–H groups in total. The second kappa shape index (κ2) is 8.04. The van der Waals surface area contributed by atoms with E-state index >= 15 is 0 Å². The number of ketones is 1. The predicted molar refractivity (Wildman–Crippen MR) is 116 cm³/mol. The molecule has 3 nitrogen and oxygen atoms in total. The Morgan fingerprint density at radius 2 is 1.59 bits per heavy atom. The molecule has 0 unspecified atom stereocenters. The van der Waals surface area contributed by atoms with E-state index in [1.807, 2.05) is 65.6 Å². The fourth-order valence-electron chi connectivity index (χ4n) is 3.82. The van der Waals surface area contributed by atoms with Crippen LogP contribution in [0.15, 0.2) is 72.8 Å². The third kappa shape index (κ3) is 4.14. The number of benzene rings is 3. The van der Waals surface area contributed by atoms with Crippen LogP contribution in [-0.4, -0.2) is 11.7 Å². The molecule has 0 bridgehead atoms. The topological polar surface area (TPSA) is 37.4 Å². The number of Topliss-reactive ketones (excluding diaryl/α,β-unsaturated/α-hetero) is 1. The first-order valence-electron chi connectivity index (χ1n) is 10.1. The van der Waals surface area contributed by atoms with E-state index in [1.54, 1.807) is 0 Å². The Balaban J connectivity index is 1.48. The SMILES string of the molecule is CC(C)c1ccc(N2Cc3ccc(CC(=O)Cc4ccccc4)cc3C2=O)cc1. The van der Waals surface area contributed by atoms with Gasteiger partial charge in [-0.3, -0.25) is 9.59 Å². The van der Waals surface area contributed by atoms with Crippen LogP contribution < -0.4 is 4.90 Å². The molecule has 0 atom stereocenters. The summed E-state index contributed by atoms with van der Waals surface area (Å²) in [6, 6.07) is 23.8. The summed E-state index contributed by atoms with van der Waals surface area (Å²) in [5.74, 6) is 0.629. The summed E-state index contributed by atoms with van der Waals surface area (Å²) in [6.45, 7) is 4.90. The van der Waals surface area contributed by atoms with Gasteiger partial charge in [-0.15, -0.1) is 0 Å². The Morgan fingerprint density at radius 3 is 2.28 bits per heavy atom. The van der Waals surface area contributed by atoms with Crippen LogP contribution in [0.4, 0.5) is 5.69 Å². The van der Waals surface area contributed by atoms with Gasteiger partial charge < -0.3 is 4.90 Å². The fraction of sp³-hybridized carbons (Fsp3) is 0.231. The van der Waals surface area contributed by atoms with Crippen molar-refractivity contribution >= 4 is 17.4 Å². The van der Waals surface area contributed by atoms with E-state index in [0.717, 1.165) is 22.4 Å². The van der Waals surface area contributed by atoms with Crippen molar-refractivity contribution in [3.05, 3.63) is 101 Å². The molecule has 29 heavy (non-hydrogen) atoms. The molecular weight excluding hydrogens is 358 g/mol. The van der Waals surface area contributed by atoms with Gasteiger partial charge in [-0.25, -0.2) is 0 Å². The van der Waals surface area contributed by atoms with Gasteiger partial charge in [-0.1, -0.05) is 68.4 Å². The third-order valence-corrected chi connectivity index (χ3v) is 5.50. The smallest absolute Gasteiger partial charge is 0.258 e. The molecule has 1 aliphatic rings. The normalized spacial score (nSPS) is 13.1. The summed E-state index contributed by atoms with van der Waals surface area (Å²) in [6.07, 6.45) is 0.763. The molecule has 3 aromatic carbocycles. The molecule has 146 valence electrons. The lowest BCUT2D eigenvalue weighted by molar-refractivity contribution is -0.117. The highest BCUT2D eigenvalue weighted by Gasteiger charge is 2.28. The highest BCUT2D eigenvalue weighted by atomic mass is 16.2. The Morgan fingerprint density at radius 1 is 0.897 bits per heavy atom. The standard InChI is InChI=1S/C26H25NO2/c1-18(2)21-10-12-23(13-11-21)27-17-22-9-8-20(16-25(22)26(27)29)15-24(28)14-19-6-4-3-5-7-19/h3-13,16,18H,14-15,17H2,1-2H3. The Hall–Kier alpha value is -3.20. The minimum absolute atomic E-state index is 0.00894. The number of carbonyl (C=O) groups is 2. The van der Waals surface area contributed by atoms with Crippen LogP contribution in [0.1, 0.15) is 52.4 Å². The molecule has 1 amide bonds. The van der Waals surface area contributed by atoms with Gasteiger partial charge in [-0.2, -0.15) is 0 Å². The third-order valence-electron chi connectivity index (χ3n) is 5.50. The summed E-state index contributed by atoms with van der Waals surface area (Å²) < 4.78 is 0. The zero-order valence-electron chi connectivity index (χ0n) is 16.9. The van der Waals surface area contributed by atoms with Crippen LogP contribution in [0.5, 0.6) is 0 Å². The largest absolute Gasteiger partial charge is 0.304 e. The van der Waals surface area contributed by atoms with E-state index in [4.69, 9.17) is 0 Å². The van der Waals surface area contributed by atoms with Crippen molar-refractivity contribution in [3.8, 4) is 0 Å². The summed E-state index contributed by atoms with van der Waals surface area (Å²) in [7, 11) is 0. The monoisotopic (exact) mass is 383 g/mol. The van der Waals surface area contributed by atoms with Gasteiger partial charge >= 0.3 is 0 Å². The van der Waals surface area contributed by atoms with E-state index in [9.17, 15) is 9.59 Å². The fourth-order valence-corrected chi connectivity index (χ4v) is 3.82. The molecule has 0 radical (unpaired) electrons. The lowest BCUT2D eigenvalue weighted by atomic mass is 9.99. The number of fused-ring (bicyclic) bond motifs is 1. The van der Waals surface area contributed by atoms with Gasteiger partial charge in [0.05, 0.1) is 6.54 Å². The van der Waals surface area contributed by atoms with Crippen LogP contribution >= 0.6 is 0 Å². The number of amides is 1. The molecule has 1 aliphatic heterocycles. The molecular formula is C26H25NO2. The van der Waals surface area contributed by atoms with E-state index in [2.05, 4.69) is 26.0 Å². The molecule has 3 aromatic rings. The Labute approximate surface area is 172 Å². The number of hydrogen-bond donors (Lipinski definition) is 0. The second-order valence-electron chi connectivity index (χ2n) is 8.01. The summed E-state index contributed by atoms with van der Waals surface area (Å²) >= 11 is 0. The van der Waals surface area contributed by atoms with Gasteiger partial charge in [-0.05, 0) is 46.4 Å². The maximum Gasteiger partial charge on any atom is 0.258 e. The Kier molecular flexibility index (Phi) is 5.30. The van der Waals surface area contributed by atoms with E-state index in [1.165, 1.54) is 5.56 Å². The van der Waals surface area contributed by atoms with Crippen molar-refractivity contribution in [2.75, 3.05) is 4.90 Å². The zero-order chi connectivity index (χ0) is 20.4. The second-order valence-corrected chi connectivity index (χ2v) is 8.01. The van der Waals surface area contributed by atoms with E-state index < -0.39 is 0 Å². The summed E-state index contributed by atoms with van der Waals surface area (Å²) in [5, 5.41) is 0. The lowest BCUT2D eigenvalue weighted by Gasteiger charge is -2.16. The first kappa shape index (κ1) is 19.1. The highest BCUT2D eigenvalue weighted by Crippen LogP contribution is 2.30.